The molecule has 0 spiro atoms. The molecule has 0 fully saturated rings. The van der Waals surface area contributed by atoms with Crippen molar-refractivity contribution in [1.82, 2.24) is 0 Å². The third-order valence-corrected chi connectivity index (χ3v) is 1.91. The van der Waals surface area contributed by atoms with E-state index in [-0.39, 0.29) is 5.78 Å². The molecule has 72 valence electrons. The molecule has 0 aromatic heterocycles. The van der Waals surface area contributed by atoms with E-state index < -0.39 is 0 Å². The van der Waals surface area contributed by atoms with E-state index in [0.29, 0.717) is 0 Å². The Morgan fingerprint density at radius 3 is 2.00 bits per heavy atom. The van der Waals surface area contributed by atoms with Crippen molar-refractivity contribution in [3.05, 3.63) is 35.4 Å². The van der Waals surface area contributed by atoms with Gasteiger partial charge in [0.05, 0.1) is 0 Å². The Bertz CT molecular complexity index is 251. The molecule has 0 radical (unpaired) electrons. The topological polar surface area (TPSA) is 17.1 Å². The number of carbonyl (C=O) groups is 1. The average molecular weight is 196 g/mol. The smallest absolute Gasteiger partial charge is 0.159 e. The van der Waals surface area contributed by atoms with Crippen molar-refractivity contribution in [1.29, 1.82) is 0 Å². The standard InChI is InChI=1S/C9H10OS.C2H6/c1-7(10)9-4-2-8(6-11)3-5-9;1-2/h2-5,11H,6H2,1H3;1-2H3. The Labute approximate surface area is 85.6 Å². The lowest BCUT2D eigenvalue weighted by Gasteiger charge is -1.96. The van der Waals surface area contributed by atoms with E-state index in [0.717, 1.165) is 16.9 Å². The first-order valence-corrected chi connectivity index (χ1v) is 5.08. The van der Waals surface area contributed by atoms with Gasteiger partial charge in [-0.25, -0.2) is 0 Å². The quantitative estimate of drug-likeness (QED) is 0.567. The summed E-state index contributed by atoms with van der Waals surface area (Å²) in [7, 11) is 0. The number of Topliss-reactive ketones (excluding diaryl/α,β-unsaturated/α-hetero) is 1. The molecule has 0 aliphatic rings. The normalized spacial score (nSPS) is 8.62. The predicted octanol–water partition coefficient (Wildman–Crippen LogP) is 3.35. The van der Waals surface area contributed by atoms with Gasteiger partial charge in [0.15, 0.2) is 5.78 Å². The molecular weight excluding hydrogens is 180 g/mol. The molecule has 0 saturated heterocycles. The van der Waals surface area contributed by atoms with E-state index in [1.54, 1.807) is 6.92 Å². The van der Waals surface area contributed by atoms with Crippen LogP contribution in [0.2, 0.25) is 0 Å². The largest absolute Gasteiger partial charge is 0.295 e. The van der Waals surface area contributed by atoms with Crippen LogP contribution in [0.15, 0.2) is 24.3 Å². The summed E-state index contributed by atoms with van der Waals surface area (Å²) in [4.78, 5) is 10.8. The lowest BCUT2D eigenvalue weighted by molar-refractivity contribution is 0.101. The molecule has 13 heavy (non-hydrogen) atoms. The maximum absolute atomic E-state index is 10.8. The minimum Gasteiger partial charge on any atom is -0.295 e. The molecule has 0 amide bonds. The van der Waals surface area contributed by atoms with Crippen LogP contribution in [-0.2, 0) is 5.75 Å². The van der Waals surface area contributed by atoms with Gasteiger partial charge in [0, 0.05) is 11.3 Å². The number of ketones is 1. The van der Waals surface area contributed by atoms with Crippen LogP contribution in [0.4, 0.5) is 0 Å². The van der Waals surface area contributed by atoms with Gasteiger partial charge in [0.1, 0.15) is 0 Å². The summed E-state index contributed by atoms with van der Waals surface area (Å²) in [6.45, 7) is 5.57. The molecule has 0 bridgehead atoms. The Morgan fingerprint density at radius 1 is 1.23 bits per heavy atom. The molecule has 0 aliphatic heterocycles. The highest BCUT2D eigenvalue weighted by atomic mass is 32.1. The monoisotopic (exact) mass is 196 g/mol. The number of thiol groups is 1. The van der Waals surface area contributed by atoms with E-state index in [1.807, 2.05) is 38.1 Å². The van der Waals surface area contributed by atoms with Crippen LogP contribution in [0.5, 0.6) is 0 Å². The number of hydrogen-bond donors (Lipinski definition) is 1. The van der Waals surface area contributed by atoms with Gasteiger partial charge in [-0.1, -0.05) is 38.1 Å². The predicted molar refractivity (Wildman–Crippen MR) is 60.5 cm³/mol. The van der Waals surface area contributed by atoms with E-state index in [4.69, 9.17) is 0 Å². The van der Waals surface area contributed by atoms with E-state index in [1.165, 1.54) is 0 Å². The van der Waals surface area contributed by atoms with Gasteiger partial charge in [-0.2, -0.15) is 12.6 Å². The fourth-order valence-corrected chi connectivity index (χ4v) is 1.06. The third kappa shape index (κ3) is 4.13. The van der Waals surface area contributed by atoms with Crippen molar-refractivity contribution in [3.63, 3.8) is 0 Å². The zero-order chi connectivity index (χ0) is 10.3. The molecule has 0 N–H and O–H groups in total. The molecule has 1 aromatic carbocycles. The van der Waals surface area contributed by atoms with Crippen molar-refractivity contribution in [3.8, 4) is 0 Å². The van der Waals surface area contributed by atoms with Crippen LogP contribution in [0, 0.1) is 0 Å². The van der Waals surface area contributed by atoms with Crippen LogP contribution in [0.3, 0.4) is 0 Å². The Morgan fingerprint density at radius 2 is 1.69 bits per heavy atom. The maximum Gasteiger partial charge on any atom is 0.159 e. The highest BCUT2D eigenvalue weighted by Crippen LogP contribution is 2.06. The number of rotatable bonds is 2. The molecular formula is C11H16OS. The second-order valence-electron chi connectivity index (χ2n) is 2.41. The molecule has 1 rings (SSSR count). The summed E-state index contributed by atoms with van der Waals surface area (Å²) in [5.41, 5.74) is 1.90. The van der Waals surface area contributed by atoms with Crippen LogP contribution in [0.25, 0.3) is 0 Å². The molecule has 0 aliphatic carbocycles. The molecule has 1 nitrogen and oxygen atoms in total. The summed E-state index contributed by atoms with van der Waals surface area (Å²) < 4.78 is 0. The summed E-state index contributed by atoms with van der Waals surface area (Å²) in [5, 5.41) is 0. The number of hydrogen-bond acceptors (Lipinski definition) is 2. The van der Waals surface area contributed by atoms with Gasteiger partial charge in [0.2, 0.25) is 0 Å². The van der Waals surface area contributed by atoms with Crippen molar-refractivity contribution in [2.45, 2.75) is 26.5 Å². The van der Waals surface area contributed by atoms with Crippen LogP contribution in [0.1, 0.15) is 36.7 Å². The van der Waals surface area contributed by atoms with Crippen molar-refractivity contribution in [2.75, 3.05) is 0 Å². The second kappa shape index (κ2) is 6.72. The first-order valence-electron chi connectivity index (χ1n) is 4.45. The van der Waals surface area contributed by atoms with E-state index in [2.05, 4.69) is 12.6 Å². The second-order valence-corrected chi connectivity index (χ2v) is 2.73. The minimum absolute atomic E-state index is 0.107. The van der Waals surface area contributed by atoms with Crippen molar-refractivity contribution in [2.24, 2.45) is 0 Å². The Balaban J connectivity index is 0.000000671. The van der Waals surface area contributed by atoms with Gasteiger partial charge in [-0.3, -0.25) is 4.79 Å². The summed E-state index contributed by atoms with van der Waals surface area (Å²) in [6.07, 6.45) is 0. The molecule has 0 unspecified atom stereocenters. The van der Waals surface area contributed by atoms with Gasteiger partial charge < -0.3 is 0 Å². The fraction of sp³-hybridized carbons (Fsp3) is 0.364. The van der Waals surface area contributed by atoms with Crippen molar-refractivity contribution >= 4 is 18.4 Å². The van der Waals surface area contributed by atoms with Crippen LogP contribution >= 0.6 is 12.6 Å². The van der Waals surface area contributed by atoms with E-state index >= 15 is 0 Å². The molecule has 0 heterocycles. The minimum atomic E-state index is 0.107. The SMILES string of the molecule is CC.CC(=O)c1ccc(CS)cc1. The molecule has 1 aromatic rings. The van der Waals surface area contributed by atoms with Gasteiger partial charge >= 0.3 is 0 Å². The molecule has 0 atom stereocenters. The van der Waals surface area contributed by atoms with Gasteiger partial charge in [0.25, 0.3) is 0 Å². The van der Waals surface area contributed by atoms with Gasteiger partial charge in [-0.05, 0) is 12.5 Å². The highest BCUT2D eigenvalue weighted by Gasteiger charge is 1.96. The maximum atomic E-state index is 10.8. The van der Waals surface area contributed by atoms with Gasteiger partial charge in [-0.15, -0.1) is 0 Å². The number of carbonyl (C=O) groups excluding carboxylic acids is 1. The molecule has 2 heteroatoms. The summed E-state index contributed by atoms with van der Waals surface area (Å²) >= 11 is 4.11. The Hall–Kier alpha value is -0.760. The first kappa shape index (κ1) is 12.2. The average Bonchev–Trinajstić information content (AvgIpc) is 2.21. The lowest BCUT2D eigenvalue weighted by atomic mass is 10.1. The molecule has 0 saturated carbocycles. The van der Waals surface area contributed by atoms with Crippen LogP contribution < -0.4 is 0 Å². The fourth-order valence-electron chi connectivity index (χ4n) is 0.845. The Kier molecular flexibility index (Phi) is 6.33. The van der Waals surface area contributed by atoms with E-state index in [9.17, 15) is 4.79 Å². The van der Waals surface area contributed by atoms with Crippen LogP contribution in [-0.4, -0.2) is 5.78 Å². The third-order valence-electron chi connectivity index (χ3n) is 1.54. The zero-order valence-corrected chi connectivity index (χ0v) is 9.27. The first-order chi connectivity index (χ1) is 6.24. The van der Waals surface area contributed by atoms with Crippen molar-refractivity contribution < 1.29 is 4.79 Å². The summed E-state index contributed by atoms with van der Waals surface area (Å²) in [5.74, 6) is 0.828. The highest BCUT2D eigenvalue weighted by molar-refractivity contribution is 7.79. The lowest BCUT2D eigenvalue weighted by Crippen LogP contribution is -1.90. The zero-order valence-electron chi connectivity index (χ0n) is 8.37. The summed E-state index contributed by atoms with van der Waals surface area (Å²) in [6, 6.07) is 7.50. The number of benzene rings is 1.